The number of ether oxygens (including phenoxy) is 2. The predicted octanol–water partition coefficient (Wildman–Crippen LogP) is 1.88. The molecule has 2 aliphatic heterocycles. The first-order chi connectivity index (χ1) is 9.62. The summed E-state index contributed by atoms with van der Waals surface area (Å²) in [6.45, 7) is 1.79. The van der Waals surface area contributed by atoms with Crippen molar-refractivity contribution in [2.75, 3.05) is 13.1 Å². The summed E-state index contributed by atoms with van der Waals surface area (Å²) in [5, 5.41) is 3.20. The molecular weight excluding hydrogens is 268 g/mol. The molecule has 20 heavy (non-hydrogen) atoms. The van der Waals surface area contributed by atoms with Crippen LogP contribution in [0.1, 0.15) is 11.6 Å². The van der Waals surface area contributed by atoms with Gasteiger partial charge in [-0.3, -0.25) is 0 Å². The Hall–Kier alpha value is -2.15. The van der Waals surface area contributed by atoms with Gasteiger partial charge in [0.25, 0.3) is 0 Å². The predicted molar refractivity (Wildman–Crippen MR) is 65.4 cm³/mol. The zero-order valence-electron chi connectivity index (χ0n) is 10.3. The van der Waals surface area contributed by atoms with E-state index >= 15 is 0 Å². The Bertz CT molecular complexity index is 667. The minimum absolute atomic E-state index is 0.0406. The number of benzene rings is 1. The van der Waals surface area contributed by atoms with Crippen LogP contribution in [-0.4, -0.2) is 28.9 Å². The Morgan fingerprint density at radius 1 is 1.25 bits per heavy atom. The number of halogens is 2. The van der Waals surface area contributed by atoms with E-state index in [1.807, 2.05) is 4.57 Å². The fraction of sp³-hybridized carbons (Fsp3) is 0.308. The molecule has 0 bridgehead atoms. The summed E-state index contributed by atoms with van der Waals surface area (Å²) in [6, 6.07) is 4.72. The van der Waals surface area contributed by atoms with Crippen molar-refractivity contribution in [1.82, 2.24) is 14.9 Å². The zero-order valence-corrected chi connectivity index (χ0v) is 10.3. The third-order valence-electron chi connectivity index (χ3n) is 3.53. The quantitative estimate of drug-likeness (QED) is 0.912. The minimum Gasteiger partial charge on any atom is -0.395 e. The average Bonchev–Trinajstić information content (AvgIpc) is 2.88. The number of imidazole rings is 1. The van der Waals surface area contributed by atoms with E-state index in [0.29, 0.717) is 5.92 Å². The van der Waals surface area contributed by atoms with Gasteiger partial charge >= 0.3 is 6.29 Å². The van der Waals surface area contributed by atoms with E-state index in [2.05, 4.69) is 19.8 Å². The van der Waals surface area contributed by atoms with Crippen LogP contribution in [0, 0.1) is 0 Å². The maximum absolute atomic E-state index is 13.0. The van der Waals surface area contributed by atoms with Crippen molar-refractivity contribution < 1.29 is 18.3 Å². The van der Waals surface area contributed by atoms with Gasteiger partial charge in [-0.25, -0.2) is 4.98 Å². The second kappa shape index (κ2) is 3.92. The van der Waals surface area contributed by atoms with Crippen LogP contribution in [0.2, 0.25) is 0 Å². The second-order valence-corrected chi connectivity index (χ2v) is 4.84. The minimum atomic E-state index is -3.59. The van der Waals surface area contributed by atoms with E-state index in [9.17, 15) is 8.78 Å². The Morgan fingerprint density at radius 2 is 2.05 bits per heavy atom. The molecule has 104 valence electrons. The van der Waals surface area contributed by atoms with Gasteiger partial charge in [0.1, 0.15) is 0 Å². The number of aromatic nitrogens is 2. The summed E-state index contributed by atoms with van der Waals surface area (Å²) in [6.07, 6.45) is -0.120. The lowest BCUT2D eigenvalue weighted by molar-refractivity contribution is -0.286. The van der Waals surface area contributed by atoms with Crippen molar-refractivity contribution in [3.05, 3.63) is 36.4 Å². The molecule has 1 aromatic heterocycles. The van der Waals surface area contributed by atoms with Crippen molar-refractivity contribution in [1.29, 1.82) is 0 Å². The molecule has 0 saturated carbocycles. The molecule has 0 atom stereocenters. The number of hydrogen-bond donors (Lipinski definition) is 1. The van der Waals surface area contributed by atoms with E-state index < -0.39 is 6.29 Å². The van der Waals surface area contributed by atoms with E-state index in [4.69, 9.17) is 0 Å². The highest BCUT2D eigenvalue weighted by molar-refractivity contribution is 5.51. The number of nitrogens with zero attached hydrogens (tertiary/aromatic N) is 2. The number of nitrogens with one attached hydrogen (secondary N) is 1. The van der Waals surface area contributed by atoms with Gasteiger partial charge in [-0.2, -0.15) is 0 Å². The van der Waals surface area contributed by atoms with Crippen LogP contribution in [0.25, 0.3) is 5.69 Å². The maximum atomic E-state index is 13.0. The van der Waals surface area contributed by atoms with Gasteiger partial charge in [-0.15, -0.1) is 8.78 Å². The number of fused-ring (bicyclic) bond motifs is 1. The Balaban J connectivity index is 1.72. The van der Waals surface area contributed by atoms with E-state index in [1.165, 1.54) is 12.1 Å². The molecule has 0 amide bonds. The van der Waals surface area contributed by atoms with Crippen LogP contribution in [0.5, 0.6) is 11.5 Å². The zero-order chi connectivity index (χ0) is 13.7. The van der Waals surface area contributed by atoms with Crippen molar-refractivity contribution in [3.8, 4) is 17.2 Å². The highest BCUT2D eigenvalue weighted by atomic mass is 19.3. The van der Waals surface area contributed by atoms with E-state index in [0.717, 1.165) is 24.5 Å². The van der Waals surface area contributed by atoms with Gasteiger partial charge in [0.05, 0.1) is 12.0 Å². The number of hydrogen-bond acceptors (Lipinski definition) is 4. The van der Waals surface area contributed by atoms with Gasteiger partial charge in [0.15, 0.2) is 11.5 Å². The van der Waals surface area contributed by atoms with E-state index in [-0.39, 0.29) is 11.5 Å². The third kappa shape index (κ3) is 1.74. The molecule has 0 radical (unpaired) electrons. The van der Waals surface area contributed by atoms with Crippen LogP contribution >= 0.6 is 0 Å². The lowest BCUT2D eigenvalue weighted by Crippen LogP contribution is -2.40. The van der Waals surface area contributed by atoms with Crippen LogP contribution < -0.4 is 14.8 Å². The summed E-state index contributed by atoms with van der Waals surface area (Å²) in [5.41, 5.74) is 1.78. The average molecular weight is 279 g/mol. The Labute approximate surface area is 113 Å². The summed E-state index contributed by atoms with van der Waals surface area (Å²) in [4.78, 5) is 4.14. The van der Waals surface area contributed by atoms with Gasteiger partial charge in [0.2, 0.25) is 0 Å². The summed E-state index contributed by atoms with van der Waals surface area (Å²) in [5.74, 6) is 0.481. The number of rotatable bonds is 2. The van der Waals surface area contributed by atoms with Crippen LogP contribution in [-0.2, 0) is 0 Å². The van der Waals surface area contributed by atoms with Crippen LogP contribution in [0.15, 0.2) is 30.7 Å². The van der Waals surface area contributed by atoms with Crippen molar-refractivity contribution in [3.63, 3.8) is 0 Å². The lowest BCUT2D eigenvalue weighted by Gasteiger charge is -2.27. The molecule has 7 heteroatoms. The maximum Gasteiger partial charge on any atom is 0.586 e. The molecule has 2 aromatic rings. The lowest BCUT2D eigenvalue weighted by atomic mass is 10.00. The SMILES string of the molecule is FC1(F)Oc2ccc(-n3cncc3C3CNC3)cc2O1. The molecule has 0 unspecified atom stereocenters. The van der Waals surface area contributed by atoms with Crippen LogP contribution in [0.4, 0.5) is 8.78 Å². The first-order valence-electron chi connectivity index (χ1n) is 6.26. The molecule has 2 aliphatic rings. The highest BCUT2D eigenvalue weighted by Gasteiger charge is 2.43. The molecule has 0 aliphatic carbocycles. The molecule has 4 rings (SSSR count). The Kier molecular flexibility index (Phi) is 2.29. The summed E-state index contributed by atoms with van der Waals surface area (Å²) in [7, 11) is 0. The summed E-state index contributed by atoms with van der Waals surface area (Å²) < 4.78 is 36.8. The van der Waals surface area contributed by atoms with Crippen LogP contribution in [0.3, 0.4) is 0 Å². The smallest absolute Gasteiger partial charge is 0.395 e. The highest BCUT2D eigenvalue weighted by Crippen LogP contribution is 2.42. The molecule has 1 N–H and O–H groups in total. The molecule has 3 heterocycles. The monoisotopic (exact) mass is 279 g/mol. The third-order valence-corrected chi connectivity index (χ3v) is 3.53. The molecular formula is C13H11F2N3O2. The summed E-state index contributed by atoms with van der Waals surface area (Å²) >= 11 is 0. The molecule has 1 fully saturated rings. The fourth-order valence-electron chi connectivity index (χ4n) is 2.41. The molecule has 0 spiro atoms. The standard InChI is InChI=1S/C13H11F2N3O2/c14-13(15)19-11-2-1-9(3-12(11)20-13)18-7-17-6-10(18)8-4-16-5-8/h1-3,6-8,16H,4-5H2. The normalized spacial score (nSPS) is 19.9. The molecule has 1 saturated heterocycles. The number of alkyl halides is 2. The fourth-order valence-corrected chi connectivity index (χ4v) is 2.41. The van der Waals surface area contributed by atoms with E-state index in [1.54, 1.807) is 18.6 Å². The Morgan fingerprint density at radius 3 is 2.80 bits per heavy atom. The first-order valence-corrected chi connectivity index (χ1v) is 6.26. The van der Waals surface area contributed by atoms with Crippen molar-refractivity contribution in [2.24, 2.45) is 0 Å². The first kappa shape index (κ1) is 11.7. The second-order valence-electron chi connectivity index (χ2n) is 4.84. The molecule has 5 nitrogen and oxygen atoms in total. The van der Waals surface area contributed by atoms with Gasteiger partial charge in [-0.05, 0) is 12.1 Å². The topological polar surface area (TPSA) is 48.3 Å². The van der Waals surface area contributed by atoms with Gasteiger partial charge in [-0.1, -0.05) is 0 Å². The van der Waals surface area contributed by atoms with Gasteiger partial charge < -0.3 is 19.4 Å². The van der Waals surface area contributed by atoms with Gasteiger partial charge in [0, 0.05) is 37.0 Å². The molecule has 1 aromatic carbocycles. The van der Waals surface area contributed by atoms with Crippen molar-refractivity contribution >= 4 is 0 Å². The van der Waals surface area contributed by atoms with Crippen molar-refractivity contribution in [2.45, 2.75) is 12.2 Å². The largest absolute Gasteiger partial charge is 0.586 e.